The van der Waals surface area contributed by atoms with E-state index in [2.05, 4.69) is 10.1 Å². The molecule has 5 heterocycles. The number of nitrogens with zero attached hydrogens (tertiary/aromatic N) is 4. The van der Waals surface area contributed by atoms with Crippen molar-refractivity contribution in [3.8, 4) is 11.5 Å². The number of amides is 1. The zero-order valence-corrected chi connectivity index (χ0v) is 13.2. The van der Waals surface area contributed by atoms with E-state index in [9.17, 15) is 4.79 Å². The van der Waals surface area contributed by atoms with Crippen molar-refractivity contribution in [3.05, 3.63) is 42.0 Å². The summed E-state index contributed by atoms with van der Waals surface area (Å²) in [5.74, 6) is 0.648. The first kappa shape index (κ1) is 13.7. The Morgan fingerprint density at radius 1 is 1.33 bits per heavy atom. The van der Waals surface area contributed by atoms with Gasteiger partial charge in [0.25, 0.3) is 5.91 Å². The summed E-state index contributed by atoms with van der Waals surface area (Å²) in [6.07, 6.45) is 5.80. The lowest BCUT2D eigenvalue weighted by Gasteiger charge is -2.26. The van der Waals surface area contributed by atoms with Gasteiger partial charge in [0.2, 0.25) is 0 Å². The van der Waals surface area contributed by atoms with Gasteiger partial charge in [0.15, 0.2) is 12.2 Å². The molecular weight excluding hydrogens is 308 g/mol. The number of carbonyl (C=O) groups is 1. The summed E-state index contributed by atoms with van der Waals surface area (Å²) < 4.78 is 12.7. The molecule has 122 valence electrons. The third kappa shape index (κ3) is 1.91. The molecule has 7 heteroatoms. The molecule has 2 aliphatic heterocycles. The van der Waals surface area contributed by atoms with Crippen LogP contribution in [0.5, 0.6) is 0 Å². The minimum atomic E-state index is 0.0231. The second-order valence-corrected chi connectivity index (χ2v) is 6.44. The summed E-state index contributed by atoms with van der Waals surface area (Å²) in [7, 11) is 0. The maximum absolute atomic E-state index is 13.0. The van der Waals surface area contributed by atoms with Crippen molar-refractivity contribution in [1.82, 2.24) is 19.5 Å². The zero-order valence-electron chi connectivity index (χ0n) is 13.2. The standard InChI is InChI=1S/C17H16N4O3/c1-10-2-14-13(17(22)20-7-12-4-11(20)8-23-12)5-19-21(14)15(3-10)16-6-18-9-24-16/h2-3,5-6,9,11-12H,4,7-8H2,1H3/t11-,12?/m0/s1. The SMILES string of the molecule is Cc1cc(-c2cnco2)n2ncc(C(=O)N3CC4C[C@H]3CO4)c2c1. The molecule has 7 nitrogen and oxygen atoms in total. The Balaban J connectivity index is 1.61. The molecule has 3 aromatic rings. The number of hydrogen-bond acceptors (Lipinski definition) is 5. The van der Waals surface area contributed by atoms with Crippen LogP contribution < -0.4 is 0 Å². The van der Waals surface area contributed by atoms with Crippen LogP contribution in [0.3, 0.4) is 0 Å². The van der Waals surface area contributed by atoms with Crippen LogP contribution in [-0.4, -0.2) is 50.7 Å². The molecule has 2 bridgehead atoms. The van der Waals surface area contributed by atoms with Crippen LogP contribution >= 0.6 is 0 Å². The van der Waals surface area contributed by atoms with E-state index < -0.39 is 0 Å². The normalized spacial score (nSPS) is 22.6. The first-order chi connectivity index (χ1) is 11.7. The lowest BCUT2D eigenvalue weighted by molar-refractivity contribution is 0.0260. The zero-order chi connectivity index (χ0) is 16.3. The van der Waals surface area contributed by atoms with Crippen LogP contribution in [0.4, 0.5) is 0 Å². The van der Waals surface area contributed by atoms with E-state index in [-0.39, 0.29) is 18.1 Å². The maximum atomic E-state index is 13.0. The highest BCUT2D eigenvalue weighted by Crippen LogP contribution is 2.31. The van der Waals surface area contributed by atoms with E-state index in [1.54, 1.807) is 16.9 Å². The molecular formula is C17H16N4O3. The Morgan fingerprint density at radius 3 is 2.96 bits per heavy atom. The summed E-state index contributed by atoms with van der Waals surface area (Å²) in [4.78, 5) is 18.9. The van der Waals surface area contributed by atoms with Gasteiger partial charge in [-0.05, 0) is 31.0 Å². The molecule has 0 spiro atoms. The fourth-order valence-corrected chi connectivity index (χ4v) is 3.71. The lowest BCUT2D eigenvalue weighted by Crippen LogP contribution is -2.41. The Labute approximate surface area is 137 Å². The molecule has 2 saturated heterocycles. The number of aromatic nitrogens is 3. The first-order valence-corrected chi connectivity index (χ1v) is 8.00. The largest absolute Gasteiger partial charge is 0.442 e. The molecule has 0 radical (unpaired) electrons. The minimum Gasteiger partial charge on any atom is -0.442 e. The Morgan fingerprint density at radius 2 is 2.25 bits per heavy atom. The summed E-state index contributed by atoms with van der Waals surface area (Å²) in [6.45, 7) is 3.30. The van der Waals surface area contributed by atoms with Gasteiger partial charge in [0.05, 0.1) is 42.2 Å². The fourth-order valence-electron chi connectivity index (χ4n) is 3.71. The Kier molecular flexibility index (Phi) is 2.81. The Hall–Kier alpha value is -2.67. The van der Waals surface area contributed by atoms with E-state index in [0.717, 1.165) is 23.2 Å². The number of carbonyl (C=O) groups excluding carboxylic acids is 1. The van der Waals surface area contributed by atoms with Crippen molar-refractivity contribution < 1.29 is 13.9 Å². The molecule has 24 heavy (non-hydrogen) atoms. The van der Waals surface area contributed by atoms with Crippen molar-refractivity contribution in [1.29, 1.82) is 0 Å². The van der Waals surface area contributed by atoms with Gasteiger partial charge in [0, 0.05) is 6.54 Å². The molecule has 2 atom stereocenters. The third-order valence-corrected chi connectivity index (χ3v) is 4.84. The number of morpholine rings is 1. The van der Waals surface area contributed by atoms with Crippen molar-refractivity contribution >= 4 is 11.4 Å². The summed E-state index contributed by atoms with van der Waals surface area (Å²) in [5.41, 5.74) is 3.23. The van der Waals surface area contributed by atoms with Crippen LogP contribution in [0.25, 0.3) is 17.0 Å². The first-order valence-electron chi connectivity index (χ1n) is 8.00. The van der Waals surface area contributed by atoms with Crippen molar-refractivity contribution in [2.24, 2.45) is 0 Å². The van der Waals surface area contributed by atoms with Gasteiger partial charge in [-0.1, -0.05) is 0 Å². The average Bonchev–Trinajstić information content (AvgIpc) is 3.34. The summed E-state index contributed by atoms with van der Waals surface area (Å²) in [5, 5.41) is 4.42. The third-order valence-electron chi connectivity index (χ3n) is 4.84. The monoisotopic (exact) mass is 324 g/mol. The van der Waals surface area contributed by atoms with Crippen LogP contribution in [0, 0.1) is 6.92 Å². The quantitative estimate of drug-likeness (QED) is 0.720. The van der Waals surface area contributed by atoms with Gasteiger partial charge in [-0.25, -0.2) is 9.50 Å². The smallest absolute Gasteiger partial charge is 0.258 e. The van der Waals surface area contributed by atoms with Crippen molar-refractivity contribution in [2.45, 2.75) is 25.5 Å². The number of ether oxygens (including phenoxy) is 1. The minimum absolute atomic E-state index is 0.0231. The van der Waals surface area contributed by atoms with E-state index in [4.69, 9.17) is 9.15 Å². The number of pyridine rings is 1. The van der Waals surface area contributed by atoms with Gasteiger partial charge in [-0.3, -0.25) is 4.79 Å². The molecule has 1 amide bonds. The fraction of sp³-hybridized carbons (Fsp3) is 0.353. The van der Waals surface area contributed by atoms with E-state index in [1.165, 1.54) is 6.39 Å². The molecule has 0 N–H and O–H groups in total. The topological polar surface area (TPSA) is 72.9 Å². The number of hydrogen-bond donors (Lipinski definition) is 0. The van der Waals surface area contributed by atoms with Gasteiger partial charge in [-0.2, -0.15) is 5.10 Å². The number of likely N-dealkylation sites (tertiary alicyclic amines) is 1. The summed E-state index contributed by atoms with van der Waals surface area (Å²) in [6, 6.07) is 4.14. The average molecular weight is 324 g/mol. The molecule has 5 rings (SSSR count). The molecule has 3 aromatic heterocycles. The molecule has 0 saturated carbocycles. The molecule has 2 aliphatic rings. The molecule has 2 fully saturated rings. The second kappa shape index (κ2) is 4.91. The van der Waals surface area contributed by atoms with Crippen LogP contribution in [-0.2, 0) is 4.74 Å². The van der Waals surface area contributed by atoms with E-state index in [0.29, 0.717) is 24.5 Å². The summed E-state index contributed by atoms with van der Waals surface area (Å²) >= 11 is 0. The van der Waals surface area contributed by atoms with Gasteiger partial charge < -0.3 is 14.1 Å². The Bertz CT molecular complexity index is 931. The second-order valence-electron chi connectivity index (χ2n) is 6.44. The predicted octanol–water partition coefficient (Wildman–Crippen LogP) is 1.91. The van der Waals surface area contributed by atoms with Gasteiger partial charge in [-0.15, -0.1) is 0 Å². The predicted molar refractivity (Wildman–Crippen MR) is 84.6 cm³/mol. The van der Waals surface area contributed by atoms with Gasteiger partial charge >= 0.3 is 0 Å². The number of aryl methyl sites for hydroxylation is 1. The highest BCUT2D eigenvalue weighted by molar-refractivity contribution is 6.01. The van der Waals surface area contributed by atoms with Crippen LogP contribution in [0.2, 0.25) is 0 Å². The number of fused-ring (bicyclic) bond motifs is 3. The van der Waals surface area contributed by atoms with Crippen molar-refractivity contribution in [3.63, 3.8) is 0 Å². The lowest BCUT2D eigenvalue weighted by atomic mass is 10.1. The molecule has 1 unspecified atom stereocenters. The van der Waals surface area contributed by atoms with Crippen LogP contribution in [0.15, 0.2) is 35.3 Å². The van der Waals surface area contributed by atoms with E-state index in [1.807, 2.05) is 24.0 Å². The van der Waals surface area contributed by atoms with Crippen molar-refractivity contribution in [2.75, 3.05) is 13.2 Å². The number of oxazole rings is 1. The highest BCUT2D eigenvalue weighted by atomic mass is 16.5. The van der Waals surface area contributed by atoms with Gasteiger partial charge in [0.1, 0.15) is 5.69 Å². The molecule has 0 aliphatic carbocycles. The number of rotatable bonds is 2. The maximum Gasteiger partial charge on any atom is 0.258 e. The van der Waals surface area contributed by atoms with E-state index >= 15 is 0 Å². The highest BCUT2D eigenvalue weighted by Gasteiger charge is 2.42. The van der Waals surface area contributed by atoms with Crippen LogP contribution in [0.1, 0.15) is 22.3 Å². The molecule has 0 aromatic carbocycles.